The summed E-state index contributed by atoms with van der Waals surface area (Å²) in [6.07, 6.45) is 14.1. The van der Waals surface area contributed by atoms with E-state index in [1.54, 1.807) is 5.57 Å². The fourth-order valence-corrected chi connectivity index (χ4v) is 8.02. The lowest BCUT2D eigenvalue weighted by Gasteiger charge is -2.59. The maximum Gasteiger partial charge on any atom is 0.0250 e. The zero-order valence-corrected chi connectivity index (χ0v) is 17.2. The van der Waals surface area contributed by atoms with Crippen LogP contribution in [0.15, 0.2) is 11.6 Å². The fourth-order valence-electron chi connectivity index (χ4n) is 8.02. The average Bonchev–Trinajstić information content (AvgIpc) is 2.97. The van der Waals surface area contributed by atoms with Gasteiger partial charge < -0.3 is 10.6 Å². The van der Waals surface area contributed by atoms with E-state index in [0.717, 1.165) is 23.7 Å². The summed E-state index contributed by atoms with van der Waals surface area (Å²) < 4.78 is 0. The van der Waals surface area contributed by atoms with Crippen LogP contribution in [0.2, 0.25) is 0 Å². The van der Waals surface area contributed by atoms with Crippen molar-refractivity contribution in [2.45, 2.75) is 84.2 Å². The van der Waals surface area contributed by atoms with Crippen LogP contribution in [0.25, 0.3) is 0 Å². The van der Waals surface area contributed by atoms with E-state index >= 15 is 0 Å². The van der Waals surface area contributed by atoms with Crippen molar-refractivity contribution in [3.63, 3.8) is 0 Å². The smallest absolute Gasteiger partial charge is 0.0250 e. The van der Waals surface area contributed by atoms with Crippen molar-refractivity contribution < 1.29 is 0 Å². The highest BCUT2D eigenvalue weighted by Crippen LogP contribution is 2.67. The maximum atomic E-state index is 3.59. The van der Waals surface area contributed by atoms with Gasteiger partial charge in [-0.25, -0.2) is 0 Å². The molecular formula is C23H40N2. The molecule has 4 aliphatic rings. The lowest BCUT2D eigenvalue weighted by molar-refractivity contribution is -0.0557. The molecule has 0 amide bonds. The Morgan fingerprint density at radius 2 is 1.80 bits per heavy atom. The maximum absolute atomic E-state index is 3.59. The monoisotopic (exact) mass is 344 g/mol. The van der Waals surface area contributed by atoms with Crippen molar-refractivity contribution in [2.24, 2.45) is 34.5 Å². The molecule has 0 saturated heterocycles. The molecule has 0 radical (unpaired) electrons. The van der Waals surface area contributed by atoms with Crippen molar-refractivity contribution in [1.29, 1.82) is 0 Å². The van der Waals surface area contributed by atoms with Crippen LogP contribution in [-0.2, 0) is 0 Å². The van der Waals surface area contributed by atoms with Gasteiger partial charge in [-0.15, -0.1) is 0 Å². The van der Waals surface area contributed by atoms with E-state index in [9.17, 15) is 0 Å². The molecule has 2 heteroatoms. The number of fused-ring (bicyclic) bond motifs is 5. The van der Waals surface area contributed by atoms with E-state index in [1.165, 1.54) is 51.4 Å². The molecule has 0 bridgehead atoms. The van der Waals surface area contributed by atoms with Gasteiger partial charge in [0.1, 0.15) is 0 Å². The van der Waals surface area contributed by atoms with Crippen molar-refractivity contribution in [2.75, 3.05) is 14.1 Å². The van der Waals surface area contributed by atoms with Gasteiger partial charge in [0.05, 0.1) is 0 Å². The first kappa shape index (κ1) is 18.0. The first-order valence-electron chi connectivity index (χ1n) is 11.0. The molecule has 0 spiro atoms. The molecule has 0 aromatic carbocycles. The highest BCUT2D eigenvalue weighted by molar-refractivity contribution is 5.26. The third-order valence-electron chi connectivity index (χ3n) is 9.62. The van der Waals surface area contributed by atoms with Crippen LogP contribution < -0.4 is 10.6 Å². The minimum absolute atomic E-state index is 0.504. The van der Waals surface area contributed by atoms with Crippen LogP contribution in [0.3, 0.4) is 0 Å². The van der Waals surface area contributed by atoms with Gasteiger partial charge in [-0.05, 0) is 107 Å². The van der Waals surface area contributed by atoms with Crippen molar-refractivity contribution in [1.82, 2.24) is 10.6 Å². The van der Waals surface area contributed by atoms with Crippen LogP contribution in [-0.4, -0.2) is 26.2 Å². The quantitative estimate of drug-likeness (QED) is 0.721. The second-order valence-corrected chi connectivity index (χ2v) is 10.3. The van der Waals surface area contributed by atoms with Gasteiger partial charge in [0.25, 0.3) is 0 Å². The summed E-state index contributed by atoms with van der Waals surface area (Å²) in [4.78, 5) is 0. The topological polar surface area (TPSA) is 24.1 Å². The summed E-state index contributed by atoms with van der Waals surface area (Å²) >= 11 is 0. The van der Waals surface area contributed by atoms with Crippen LogP contribution in [0.5, 0.6) is 0 Å². The second-order valence-electron chi connectivity index (χ2n) is 10.3. The molecule has 4 aliphatic carbocycles. The number of rotatable bonds is 3. The predicted octanol–water partition coefficient (Wildman–Crippen LogP) is 4.76. The highest BCUT2D eigenvalue weighted by atomic mass is 14.9. The molecule has 25 heavy (non-hydrogen) atoms. The van der Waals surface area contributed by atoms with E-state index in [4.69, 9.17) is 0 Å². The van der Waals surface area contributed by atoms with Gasteiger partial charge >= 0.3 is 0 Å². The third kappa shape index (κ3) is 2.57. The Hall–Kier alpha value is -0.340. The van der Waals surface area contributed by atoms with E-state index in [1.807, 2.05) is 0 Å². The normalized spacial score (nSPS) is 50.4. The molecule has 4 rings (SSSR count). The minimum Gasteiger partial charge on any atom is -0.317 e. The first-order chi connectivity index (χ1) is 11.9. The number of hydrogen-bond acceptors (Lipinski definition) is 2. The Kier molecular flexibility index (Phi) is 4.60. The third-order valence-corrected chi connectivity index (χ3v) is 9.62. The molecule has 8 atom stereocenters. The number of likely N-dealkylation sites (N-methyl/N-ethyl adjacent to an activating group) is 1. The minimum atomic E-state index is 0.504. The number of nitrogens with one attached hydrogen (secondary N) is 2. The Morgan fingerprint density at radius 3 is 2.52 bits per heavy atom. The van der Waals surface area contributed by atoms with Crippen LogP contribution in [0.4, 0.5) is 0 Å². The summed E-state index contributed by atoms with van der Waals surface area (Å²) in [5.41, 5.74) is 2.90. The predicted molar refractivity (Wildman–Crippen MR) is 107 cm³/mol. The van der Waals surface area contributed by atoms with Crippen molar-refractivity contribution in [3.8, 4) is 0 Å². The Labute approximate surface area is 155 Å². The van der Waals surface area contributed by atoms with Gasteiger partial charge in [0.2, 0.25) is 0 Å². The number of hydrogen-bond donors (Lipinski definition) is 2. The summed E-state index contributed by atoms with van der Waals surface area (Å²) in [6, 6.07) is 1.30. The fraction of sp³-hybridized carbons (Fsp3) is 0.913. The zero-order valence-electron chi connectivity index (χ0n) is 17.2. The average molecular weight is 345 g/mol. The largest absolute Gasteiger partial charge is 0.317 e. The molecule has 0 heterocycles. The molecule has 3 fully saturated rings. The van der Waals surface area contributed by atoms with E-state index < -0.39 is 0 Å². The Balaban J connectivity index is 1.61. The van der Waals surface area contributed by atoms with E-state index in [0.29, 0.717) is 22.9 Å². The van der Waals surface area contributed by atoms with Crippen molar-refractivity contribution >= 4 is 0 Å². The summed E-state index contributed by atoms with van der Waals surface area (Å²) in [5.74, 6) is 3.80. The van der Waals surface area contributed by atoms with Gasteiger partial charge in [0, 0.05) is 12.1 Å². The van der Waals surface area contributed by atoms with Gasteiger partial charge in [-0.3, -0.25) is 0 Å². The summed E-state index contributed by atoms with van der Waals surface area (Å²) in [5, 5.41) is 7.10. The molecule has 0 aliphatic heterocycles. The Bertz CT molecular complexity index is 540. The van der Waals surface area contributed by atoms with Gasteiger partial charge in [-0.2, -0.15) is 0 Å². The molecule has 2 N–H and O–H groups in total. The van der Waals surface area contributed by atoms with Crippen LogP contribution in [0.1, 0.15) is 72.1 Å². The zero-order chi connectivity index (χ0) is 17.8. The lowest BCUT2D eigenvalue weighted by Crippen LogP contribution is -2.52. The molecule has 0 aromatic rings. The SMILES string of the molecule is CN[C@@H]1C=C2CC[C@H]3[C@@H]4CC[C@H]([C@@H](C)NC)[C@@]4(C)CC[C@@H]3[C@@]2(C)CC1. The summed E-state index contributed by atoms with van der Waals surface area (Å²) in [6.45, 7) is 7.71. The second kappa shape index (κ2) is 6.37. The molecule has 3 saturated carbocycles. The highest BCUT2D eigenvalue weighted by Gasteiger charge is 2.59. The molecule has 0 unspecified atom stereocenters. The molecule has 2 nitrogen and oxygen atoms in total. The Morgan fingerprint density at radius 1 is 1.00 bits per heavy atom. The van der Waals surface area contributed by atoms with E-state index in [-0.39, 0.29) is 0 Å². The molecule has 0 aromatic heterocycles. The van der Waals surface area contributed by atoms with Crippen LogP contribution in [0, 0.1) is 34.5 Å². The van der Waals surface area contributed by atoms with Gasteiger partial charge in [-0.1, -0.05) is 25.5 Å². The molecular weight excluding hydrogens is 304 g/mol. The standard InChI is InChI=1S/C23H40N2/c1-15(24-4)19-8-9-20-18-7-6-16-14-17(25-5)10-12-22(16,2)21(18)11-13-23(19,20)3/h14-15,17-21,24-25H,6-13H2,1-5H3/t15-,17+,18+,19-,20+,21+,22+,23-/m1/s1. The number of allylic oxidation sites excluding steroid dienone is 1. The summed E-state index contributed by atoms with van der Waals surface area (Å²) in [7, 11) is 4.29. The molecule has 142 valence electrons. The van der Waals surface area contributed by atoms with Crippen LogP contribution >= 0.6 is 0 Å². The van der Waals surface area contributed by atoms with Gasteiger partial charge in [0.15, 0.2) is 0 Å². The van der Waals surface area contributed by atoms with Crippen molar-refractivity contribution in [3.05, 3.63) is 11.6 Å². The lowest BCUT2D eigenvalue weighted by atomic mass is 9.46. The first-order valence-corrected chi connectivity index (χ1v) is 11.0. The van der Waals surface area contributed by atoms with E-state index in [2.05, 4.69) is 51.6 Å².